The molecule has 1 aliphatic rings. The highest BCUT2D eigenvalue weighted by molar-refractivity contribution is 7.99. The zero-order chi connectivity index (χ0) is 20.1. The molecule has 29 heavy (non-hydrogen) atoms. The number of amides is 2. The Morgan fingerprint density at radius 1 is 1.17 bits per heavy atom. The van der Waals surface area contributed by atoms with Crippen LogP contribution in [0.4, 0.5) is 0 Å². The van der Waals surface area contributed by atoms with E-state index in [2.05, 4.69) is 25.6 Å². The Morgan fingerprint density at radius 3 is 2.76 bits per heavy atom. The number of hydrogen-bond donors (Lipinski definition) is 2. The number of hydrogen-bond acceptors (Lipinski definition) is 7. The fourth-order valence-electron chi connectivity index (χ4n) is 3.38. The van der Waals surface area contributed by atoms with Crippen molar-refractivity contribution in [3.8, 4) is 11.6 Å². The molecule has 0 bridgehead atoms. The SMILES string of the molecule is O=C(CSc1nnc(-c2ccco2)n1C1CCCCC1)NNC(=O)c1cccs1. The normalized spacial score (nSPS) is 14.6. The zero-order valence-electron chi connectivity index (χ0n) is 15.7. The van der Waals surface area contributed by atoms with Crippen molar-refractivity contribution in [3.63, 3.8) is 0 Å². The third-order valence-electron chi connectivity index (χ3n) is 4.74. The van der Waals surface area contributed by atoms with Gasteiger partial charge in [-0.25, -0.2) is 0 Å². The lowest BCUT2D eigenvalue weighted by molar-refractivity contribution is -0.119. The van der Waals surface area contributed by atoms with Gasteiger partial charge in [0.1, 0.15) is 0 Å². The van der Waals surface area contributed by atoms with Crippen LogP contribution in [-0.2, 0) is 4.79 Å². The van der Waals surface area contributed by atoms with Crippen LogP contribution in [0.2, 0.25) is 0 Å². The summed E-state index contributed by atoms with van der Waals surface area (Å²) in [6.45, 7) is 0. The molecule has 0 unspecified atom stereocenters. The molecule has 3 aromatic rings. The van der Waals surface area contributed by atoms with Gasteiger partial charge in [-0.05, 0) is 36.4 Å². The smallest absolute Gasteiger partial charge is 0.279 e. The van der Waals surface area contributed by atoms with Crippen LogP contribution in [0.5, 0.6) is 0 Å². The Bertz CT molecular complexity index is 947. The minimum absolute atomic E-state index is 0.119. The van der Waals surface area contributed by atoms with Crippen LogP contribution in [0.3, 0.4) is 0 Å². The summed E-state index contributed by atoms with van der Waals surface area (Å²) in [5, 5.41) is 11.1. The summed E-state index contributed by atoms with van der Waals surface area (Å²) >= 11 is 2.62. The Labute approximate surface area is 176 Å². The maximum absolute atomic E-state index is 12.2. The number of carbonyl (C=O) groups excluding carboxylic acids is 2. The minimum Gasteiger partial charge on any atom is -0.461 e. The highest BCUT2D eigenvalue weighted by atomic mass is 32.2. The lowest BCUT2D eigenvalue weighted by Gasteiger charge is -2.25. The molecule has 152 valence electrons. The summed E-state index contributed by atoms with van der Waals surface area (Å²) < 4.78 is 7.63. The van der Waals surface area contributed by atoms with Crippen molar-refractivity contribution < 1.29 is 14.0 Å². The average Bonchev–Trinajstić information content (AvgIpc) is 3.51. The van der Waals surface area contributed by atoms with Gasteiger partial charge in [0.05, 0.1) is 16.9 Å². The molecule has 0 atom stereocenters. The molecule has 3 heterocycles. The highest BCUT2D eigenvalue weighted by Gasteiger charge is 2.25. The van der Waals surface area contributed by atoms with Crippen molar-refractivity contribution in [1.29, 1.82) is 0 Å². The van der Waals surface area contributed by atoms with E-state index in [0.717, 1.165) is 12.8 Å². The lowest BCUT2D eigenvalue weighted by atomic mass is 9.95. The summed E-state index contributed by atoms with van der Waals surface area (Å²) in [6, 6.07) is 7.47. The van der Waals surface area contributed by atoms with E-state index in [9.17, 15) is 9.59 Å². The molecule has 1 saturated carbocycles. The maximum Gasteiger partial charge on any atom is 0.279 e. The van der Waals surface area contributed by atoms with E-state index in [1.54, 1.807) is 23.8 Å². The van der Waals surface area contributed by atoms with Gasteiger partial charge in [-0.15, -0.1) is 21.5 Å². The van der Waals surface area contributed by atoms with Crippen LogP contribution in [0.25, 0.3) is 11.6 Å². The molecular formula is C19H21N5O3S2. The molecule has 2 amide bonds. The Balaban J connectivity index is 1.41. The van der Waals surface area contributed by atoms with Crippen molar-refractivity contribution >= 4 is 34.9 Å². The van der Waals surface area contributed by atoms with Crippen LogP contribution >= 0.6 is 23.1 Å². The Kier molecular flexibility index (Phi) is 6.30. The molecule has 1 aliphatic carbocycles. The van der Waals surface area contributed by atoms with Crippen molar-refractivity contribution in [1.82, 2.24) is 25.6 Å². The van der Waals surface area contributed by atoms with Gasteiger partial charge in [-0.2, -0.15) is 0 Å². The first-order valence-corrected chi connectivity index (χ1v) is 11.3. The molecule has 0 radical (unpaired) electrons. The second-order valence-electron chi connectivity index (χ2n) is 6.71. The third kappa shape index (κ3) is 4.70. The fraction of sp³-hybridized carbons (Fsp3) is 0.368. The number of nitrogens with zero attached hydrogens (tertiary/aromatic N) is 3. The van der Waals surface area contributed by atoms with Gasteiger partial charge >= 0.3 is 0 Å². The number of nitrogens with one attached hydrogen (secondary N) is 2. The molecule has 2 N–H and O–H groups in total. The van der Waals surface area contributed by atoms with Crippen molar-refractivity contribution in [2.45, 2.75) is 43.3 Å². The van der Waals surface area contributed by atoms with Gasteiger partial charge in [0, 0.05) is 6.04 Å². The van der Waals surface area contributed by atoms with Crippen LogP contribution < -0.4 is 10.9 Å². The van der Waals surface area contributed by atoms with Crippen LogP contribution in [0.1, 0.15) is 47.8 Å². The van der Waals surface area contributed by atoms with Gasteiger partial charge < -0.3 is 4.42 Å². The second-order valence-corrected chi connectivity index (χ2v) is 8.60. The maximum atomic E-state index is 12.2. The molecule has 0 saturated heterocycles. The molecular weight excluding hydrogens is 410 g/mol. The van der Waals surface area contributed by atoms with Gasteiger partial charge in [0.25, 0.3) is 5.91 Å². The molecule has 3 aromatic heterocycles. The van der Waals surface area contributed by atoms with Gasteiger partial charge in [-0.3, -0.25) is 25.0 Å². The Hall–Kier alpha value is -2.59. The number of thioether (sulfide) groups is 1. The topological polar surface area (TPSA) is 102 Å². The number of rotatable bonds is 6. The molecule has 8 nitrogen and oxygen atoms in total. The predicted molar refractivity (Wildman–Crippen MR) is 110 cm³/mol. The van der Waals surface area contributed by atoms with Crippen molar-refractivity contribution in [2.24, 2.45) is 0 Å². The fourth-order valence-corrected chi connectivity index (χ4v) is 4.80. The second kappa shape index (κ2) is 9.27. The quantitative estimate of drug-likeness (QED) is 0.456. The van der Waals surface area contributed by atoms with Crippen LogP contribution in [0.15, 0.2) is 45.5 Å². The molecule has 0 aliphatic heterocycles. The monoisotopic (exact) mass is 431 g/mol. The Morgan fingerprint density at radius 2 is 2.03 bits per heavy atom. The largest absolute Gasteiger partial charge is 0.461 e. The van der Waals surface area contributed by atoms with Crippen molar-refractivity contribution in [3.05, 3.63) is 40.8 Å². The first kappa shape index (κ1) is 19.7. The molecule has 0 aromatic carbocycles. The van der Waals surface area contributed by atoms with Gasteiger partial charge in [0.15, 0.2) is 10.9 Å². The molecule has 0 spiro atoms. The number of furan rings is 1. The van der Waals surface area contributed by atoms with Crippen LogP contribution in [-0.4, -0.2) is 32.3 Å². The summed E-state index contributed by atoms with van der Waals surface area (Å²) in [6.07, 6.45) is 7.31. The van der Waals surface area contributed by atoms with E-state index >= 15 is 0 Å². The number of carbonyl (C=O) groups is 2. The van der Waals surface area contributed by atoms with E-state index in [1.807, 2.05) is 12.1 Å². The first-order chi connectivity index (χ1) is 14.2. The highest BCUT2D eigenvalue weighted by Crippen LogP contribution is 2.35. The average molecular weight is 432 g/mol. The van der Waals surface area contributed by atoms with E-state index < -0.39 is 0 Å². The molecule has 4 rings (SSSR count). The van der Waals surface area contributed by atoms with Gasteiger partial charge in [0.2, 0.25) is 11.7 Å². The standard InChI is InChI=1S/C19H21N5O3S2/c25-16(20-22-18(26)15-9-5-11-28-15)12-29-19-23-21-17(14-8-4-10-27-14)24(19)13-6-2-1-3-7-13/h4-5,8-11,13H,1-3,6-7,12H2,(H,20,25)(H,22,26). The third-order valence-corrected chi connectivity index (χ3v) is 6.55. The minimum atomic E-state index is -0.330. The summed E-state index contributed by atoms with van der Waals surface area (Å²) in [5.74, 6) is 0.841. The molecule has 1 fully saturated rings. The number of aromatic nitrogens is 3. The van der Waals surface area contributed by atoms with Gasteiger partial charge in [-0.1, -0.05) is 37.1 Å². The summed E-state index contributed by atoms with van der Waals surface area (Å²) in [4.78, 5) is 24.7. The lowest BCUT2D eigenvalue weighted by Crippen LogP contribution is -2.42. The number of hydrazine groups is 1. The first-order valence-electron chi connectivity index (χ1n) is 9.46. The van der Waals surface area contributed by atoms with Crippen molar-refractivity contribution in [2.75, 3.05) is 5.75 Å². The molecule has 10 heteroatoms. The van der Waals surface area contributed by atoms with E-state index in [-0.39, 0.29) is 17.6 Å². The zero-order valence-corrected chi connectivity index (χ0v) is 17.3. The summed E-state index contributed by atoms with van der Waals surface area (Å²) in [7, 11) is 0. The predicted octanol–water partition coefficient (Wildman–Crippen LogP) is 3.66. The summed E-state index contributed by atoms with van der Waals surface area (Å²) in [5.41, 5.74) is 4.87. The number of thiophene rings is 1. The van der Waals surface area contributed by atoms with Crippen LogP contribution in [0, 0.1) is 0 Å². The van der Waals surface area contributed by atoms with E-state index in [4.69, 9.17) is 4.42 Å². The van der Waals surface area contributed by atoms with E-state index in [1.165, 1.54) is 42.4 Å². The van der Waals surface area contributed by atoms with E-state index in [0.29, 0.717) is 27.7 Å².